The molecule has 1 aliphatic heterocycles. The predicted octanol–water partition coefficient (Wildman–Crippen LogP) is 5.96. The number of halogens is 1. The van der Waals surface area contributed by atoms with Crippen LogP contribution in [-0.4, -0.2) is 5.91 Å². The molecule has 30 heavy (non-hydrogen) atoms. The molecular weight excluding hydrogens is 416 g/mol. The molecular formula is C24H23ClN2O2S. The third-order valence-corrected chi connectivity index (χ3v) is 7.41. The Morgan fingerprint density at radius 1 is 1.13 bits per heavy atom. The molecule has 1 aliphatic carbocycles. The van der Waals surface area contributed by atoms with E-state index < -0.39 is 0 Å². The first-order valence-corrected chi connectivity index (χ1v) is 11.5. The van der Waals surface area contributed by atoms with Gasteiger partial charge in [0.1, 0.15) is 23.5 Å². The van der Waals surface area contributed by atoms with Crippen LogP contribution in [0.5, 0.6) is 5.75 Å². The summed E-state index contributed by atoms with van der Waals surface area (Å²) in [5, 5.41) is 8.35. The van der Waals surface area contributed by atoms with Crippen molar-refractivity contribution in [2.75, 3.05) is 5.32 Å². The average molecular weight is 439 g/mol. The predicted molar refractivity (Wildman–Crippen MR) is 122 cm³/mol. The number of amides is 1. The highest BCUT2D eigenvalue weighted by molar-refractivity contribution is 7.16. The van der Waals surface area contributed by atoms with E-state index >= 15 is 0 Å². The van der Waals surface area contributed by atoms with Gasteiger partial charge >= 0.3 is 0 Å². The van der Waals surface area contributed by atoms with Crippen LogP contribution in [0, 0.1) is 5.92 Å². The molecule has 154 valence electrons. The molecule has 4 nitrogen and oxygen atoms in total. The zero-order valence-corrected chi connectivity index (χ0v) is 18.3. The van der Waals surface area contributed by atoms with Gasteiger partial charge in [-0.1, -0.05) is 48.9 Å². The summed E-state index contributed by atoms with van der Waals surface area (Å²) < 4.78 is 5.87. The number of fused-ring (bicyclic) bond motifs is 3. The van der Waals surface area contributed by atoms with Crippen molar-refractivity contribution in [3.8, 4) is 5.75 Å². The van der Waals surface area contributed by atoms with Gasteiger partial charge in [0.2, 0.25) is 0 Å². The molecule has 2 heterocycles. The van der Waals surface area contributed by atoms with E-state index in [2.05, 4.69) is 17.6 Å². The van der Waals surface area contributed by atoms with E-state index in [1.165, 1.54) is 10.4 Å². The van der Waals surface area contributed by atoms with Crippen molar-refractivity contribution in [1.29, 1.82) is 0 Å². The maximum atomic E-state index is 12.9. The largest absolute Gasteiger partial charge is 0.489 e. The molecule has 0 fully saturated rings. The van der Waals surface area contributed by atoms with Crippen molar-refractivity contribution in [3.05, 3.63) is 80.7 Å². The standard InChI is InChI=1S/C24H23ClN2O2S/c1-14-6-11-18-20(12-14)30-24-21(18)23(28)26-22(27-24)15-7-9-17(10-8-15)29-13-16-4-2-3-5-19(16)25/h2-5,7-10,14,22,27H,6,11-13H2,1H3,(H,26,28)/t14-,22-/m1/s1. The van der Waals surface area contributed by atoms with Crippen molar-refractivity contribution in [1.82, 2.24) is 5.32 Å². The Morgan fingerprint density at radius 3 is 2.73 bits per heavy atom. The van der Waals surface area contributed by atoms with E-state index in [1.807, 2.05) is 48.5 Å². The second-order valence-corrected chi connectivity index (χ2v) is 9.57. The van der Waals surface area contributed by atoms with Crippen LogP contribution in [0.4, 0.5) is 5.00 Å². The Morgan fingerprint density at radius 2 is 1.93 bits per heavy atom. The van der Waals surface area contributed by atoms with E-state index in [4.69, 9.17) is 16.3 Å². The van der Waals surface area contributed by atoms with Crippen molar-refractivity contribution in [2.24, 2.45) is 5.92 Å². The van der Waals surface area contributed by atoms with Gasteiger partial charge in [0, 0.05) is 15.5 Å². The van der Waals surface area contributed by atoms with Crippen LogP contribution < -0.4 is 15.4 Å². The Labute approximate surface area is 185 Å². The lowest BCUT2D eigenvalue weighted by molar-refractivity contribution is 0.0935. The lowest BCUT2D eigenvalue weighted by atomic mass is 9.88. The smallest absolute Gasteiger partial charge is 0.256 e. The monoisotopic (exact) mass is 438 g/mol. The third kappa shape index (κ3) is 3.68. The van der Waals surface area contributed by atoms with Crippen LogP contribution in [-0.2, 0) is 19.4 Å². The number of carbonyl (C=O) groups excluding carboxylic acids is 1. The molecule has 0 saturated heterocycles. The third-order valence-electron chi connectivity index (χ3n) is 5.86. The molecule has 0 bridgehead atoms. The Kier molecular flexibility index (Phi) is 5.17. The molecule has 2 aliphatic rings. The molecule has 2 N–H and O–H groups in total. The summed E-state index contributed by atoms with van der Waals surface area (Å²) in [7, 11) is 0. The second-order valence-electron chi connectivity index (χ2n) is 8.06. The fraction of sp³-hybridized carbons (Fsp3) is 0.292. The number of ether oxygens (including phenoxy) is 1. The highest BCUT2D eigenvalue weighted by atomic mass is 35.5. The van der Waals surface area contributed by atoms with Gasteiger partial charge < -0.3 is 15.4 Å². The number of benzene rings is 2. The first-order chi connectivity index (χ1) is 14.6. The van der Waals surface area contributed by atoms with Crippen LogP contribution in [0.25, 0.3) is 0 Å². The van der Waals surface area contributed by atoms with Gasteiger partial charge in [0.05, 0.1) is 5.56 Å². The fourth-order valence-corrected chi connectivity index (χ4v) is 5.79. The van der Waals surface area contributed by atoms with Crippen LogP contribution >= 0.6 is 22.9 Å². The van der Waals surface area contributed by atoms with Crippen molar-refractivity contribution >= 4 is 33.8 Å². The average Bonchev–Trinajstić information content (AvgIpc) is 3.11. The number of hydrogen-bond donors (Lipinski definition) is 2. The Balaban J connectivity index is 1.30. The summed E-state index contributed by atoms with van der Waals surface area (Å²) in [6, 6.07) is 15.5. The van der Waals surface area contributed by atoms with Gasteiger partial charge in [-0.15, -0.1) is 11.3 Å². The summed E-state index contributed by atoms with van der Waals surface area (Å²) in [5.41, 5.74) is 4.06. The minimum atomic E-state index is -0.236. The highest BCUT2D eigenvalue weighted by Crippen LogP contribution is 2.42. The van der Waals surface area contributed by atoms with E-state index in [0.717, 1.165) is 46.7 Å². The second kappa shape index (κ2) is 7.97. The van der Waals surface area contributed by atoms with Gasteiger partial charge in [0.15, 0.2) is 0 Å². The topological polar surface area (TPSA) is 50.4 Å². The minimum Gasteiger partial charge on any atom is -0.489 e. The summed E-state index contributed by atoms with van der Waals surface area (Å²) in [6.07, 6.45) is 2.99. The van der Waals surface area contributed by atoms with Gasteiger partial charge in [-0.05, 0) is 54.5 Å². The molecule has 6 heteroatoms. The number of carbonyl (C=O) groups is 1. The number of rotatable bonds is 4. The number of hydrogen-bond acceptors (Lipinski definition) is 4. The Bertz CT molecular complexity index is 1090. The zero-order valence-electron chi connectivity index (χ0n) is 16.7. The highest BCUT2D eigenvalue weighted by Gasteiger charge is 2.33. The number of thiophene rings is 1. The summed E-state index contributed by atoms with van der Waals surface area (Å²) >= 11 is 7.94. The first kappa shape index (κ1) is 19.5. The van der Waals surface area contributed by atoms with E-state index in [-0.39, 0.29) is 12.1 Å². The summed E-state index contributed by atoms with van der Waals surface area (Å²) in [6.45, 7) is 2.70. The molecule has 1 aromatic heterocycles. The van der Waals surface area contributed by atoms with Crippen LogP contribution in [0.2, 0.25) is 5.02 Å². The molecule has 0 unspecified atom stereocenters. The number of anilines is 1. The normalized spacial score (nSPS) is 20.0. The first-order valence-electron chi connectivity index (χ1n) is 10.3. The number of nitrogens with one attached hydrogen (secondary N) is 2. The van der Waals surface area contributed by atoms with Gasteiger partial charge in [-0.3, -0.25) is 4.79 Å². The van der Waals surface area contributed by atoms with Crippen LogP contribution in [0.15, 0.2) is 48.5 Å². The molecule has 0 saturated carbocycles. The summed E-state index contributed by atoms with van der Waals surface area (Å²) in [5.74, 6) is 1.48. The lowest BCUT2D eigenvalue weighted by Crippen LogP contribution is -2.38. The molecule has 0 radical (unpaired) electrons. The quantitative estimate of drug-likeness (QED) is 0.528. The van der Waals surface area contributed by atoms with E-state index in [9.17, 15) is 4.79 Å². The maximum absolute atomic E-state index is 12.9. The summed E-state index contributed by atoms with van der Waals surface area (Å²) in [4.78, 5) is 14.2. The Hall–Kier alpha value is -2.50. The molecule has 3 aromatic rings. The van der Waals surface area contributed by atoms with Gasteiger partial charge in [-0.2, -0.15) is 0 Å². The molecule has 0 spiro atoms. The minimum absolute atomic E-state index is 0.0276. The molecule has 1 amide bonds. The van der Waals surface area contributed by atoms with Gasteiger partial charge in [0.25, 0.3) is 5.91 Å². The van der Waals surface area contributed by atoms with Crippen molar-refractivity contribution in [2.45, 2.75) is 39.0 Å². The van der Waals surface area contributed by atoms with Crippen molar-refractivity contribution < 1.29 is 9.53 Å². The van der Waals surface area contributed by atoms with Crippen LogP contribution in [0.1, 0.15) is 51.4 Å². The SMILES string of the molecule is C[C@@H]1CCc2c(sc3c2C(=O)N[C@@H](c2ccc(OCc4ccccc4Cl)cc2)N3)C1. The maximum Gasteiger partial charge on any atom is 0.256 e. The van der Waals surface area contributed by atoms with E-state index in [1.54, 1.807) is 11.3 Å². The molecule has 2 atom stereocenters. The lowest BCUT2D eigenvalue weighted by Gasteiger charge is -2.27. The van der Waals surface area contributed by atoms with Gasteiger partial charge in [-0.25, -0.2) is 0 Å². The molecule has 5 rings (SSSR count). The fourth-order valence-electron chi connectivity index (χ4n) is 4.16. The van der Waals surface area contributed by atoms with Crippen LogP contribution in [0.3, 0.4) is 0 Å². The van der Waals surface area contributed by atoms with Crippen molar-refractivity contribution in [3.63, 3.8) is 0 Å². The zero-order chi connectivity index (χ0) is 20.7. The van der Waals surface area contributed by atoms with E-state index in [0.29, 0.717) is 17.5 Å². The molecule has 2 aromatic carbocycles.